The monoisotopic (exact) mass is 395 g/mol. The van der Waals surface area contributed by atoms with Crippen molar-refractivity contribution < 1.29 is 24.9 Å². The molecule has 6 heteroatoms. The fourth-order valence-electron chi connectivity index (χ4n) is 3.34. The summed E-state index contributed by atoms with van der Waals surface area (Å²) in [6, 6.07) is 15.8. The van der Waals surface area contributed by atoms with Crippen molar-refractivity contribution in [2.24, 2.45) is 0 Å². The molecule has 0 aromatic heterocycles. The molecule has 3 aromatic carbocycles. The van der Waals surface area contributed by atoms with E-state index in [1.807, 2.05) is 43.3 Å². The number of fused-ring (bicyclic) bond motifs is 1. The van der Waals surface area contributed by atoms with Gasteiger partial charge in [-0.25, -0.2) is 0 Å². The first-order valence-electron chi connectivity index (χ1n) is 9.48. The smallest absolute Gasteiger partial charge is 0.227 e. The van der Waals surface area contributed by atoms with Crippen LogP contribution < -0.4 is 10.1 Å². The topological polar surface area (TPSA) is 99.0 Å². The maximum absolute atomic E-state index is 12.7. The Morgan fingerprint density at radius 2 is 1.66 bits per heavy atom. The minimum absolute atomic E-state index is 0.00429. The molecule has 0 fully saturated rings. The molecule has 0 bridgehead atoms. The number of benzene rings is 3. The molecule has 152 valence electrons. The summed E-state index contributed by atoms with van der Waals surface area (Å²) in [4.78, 5) is 12.7. The number of ether oxygens (including phenoxy) is 1. The Morgan fingerprint density at radius 3 is 2.34 bits per heavy atom. The van der Waals surface area contributed by atoms with E-state index < -0.39 is 6.10 Å². The summed E-state index contributed by atoms with van der Waals surface area (Å²) in [6.45, 7) is 1.95. The van der Waals surface area contributed by atoms with E-state index in [0.717, 1.165) is 22.1 Å². The highest BCUT2D eigenvalue weighted by molar-refractivity contribution is 5.88. The van der Waals surface area contributed by atoms with E-state index in [1.165, 1.54) is 18.2 Å². The molecule has 0 saturated carbocycles. The van der Waals surface area contributed by atoms with E-state index in [2.05, 4.69) is 5.32 Å². The second kappa shape index (κ2) is 8.84. The third-order valence-electron chi connectivity index (χ3n) is 5.05. The third kappa shape index (κ3) is 4.60. The van der Waals surface area contributed by atoms with Gasteiger partial charge in [0, 0.05) is 6.54 Å². The summed E-state index contributed by atoms with van der Waals surface area (Å²) >= 11 is 0. The van der Waals surface area contributed by atoms with E-state index in [1.54, 1.807) is 7.11 Å². The van der Waals surface area contributed by atoms with E-state index >= 15 is 0 Å². The van der Waals surface area contributed by atoms with Gasteiger partial charge in [0.15, 0.2) is 11.5 Å². The third-order valence-corrected chi connectivity index (χ3v) is 5.05. The quantitative estimate of drug-likeness (QED) is 0.458. The van der Waals surface area contributed by atoms with Crippen molar-refractivity contribution >= 4 is 16.7 Å². The highest BCUT2D eigenvalue weighted by Crippen LogP contribution is 2.29. The molecule has 3 rings (SSSR count). The standard InChI is InChI=1S/C23H25NO5/c1-3-19(16-5-4-15-11-18(29-2)8-6-14(15)10-16)23(28)24-13-22(27)17-7-9-20(25)21(26)12-17/h4-12,19,22,25-27H,3,13H2,1-2H3,(H,24,28). The Morgan fingerprint density at radius 1 is 0.966 bits per heavy atom. The molecular weight excluding hydrogens is 370 g/mol. The summed E-state index contributed by atoms with van der Waals surface area (Å²) in [7, 11) is 1.63. The zero-order valence-electron chi connectivity index (χ0n) is 16.4. The van der Waals surface area contributed by atoms with E-state index in [9.17, 15) is 20.1 Å². The fraction of sp³-hybridized carbons (Fsp3) is 0.261. The summed E-state index contributed by atoms with van der Waals surface area (Å²) in [5.41, 5.74) is 1.31. The van der Waals surface area contributed by atoms with Crippen molar-refractivity contribution in [3.05, 3.63) is 65.7 Å². The lowest BCUT2D eigenvalue weighted by Crippen LogP contribution is -2.32. The zero-order chi connectivity index (χ0) is 21.0. The van der Waals surface area contributed by atoms with Crippen LogP contribution in [0.5, 0.6) is 17.2 Å². The number of methoxy groups -OCH3 is 1. The molecule has 0 spiro atoms. The highest BCUT2D eigenvalue weighted by atomic mass is 16.5. The molecule has 2 unspecified atom stereocenters. The molecule has 0 heterocycles. The van der Waals surface area contributed by atoms with Crippen LogP contribution in [0.2, 0.25) is 0 Å². The highest BCUT2D eigenvalue weighted by Gasteiger charge is 2.20. The minimum Gasteiger partial charge on any atom is -0.504 e. The number of carbonyl (C=O) groups is 1. The van der Waals surface area contributed by atoms with Crippen molar-refractivity contribution in [1.29, 1.82) is 0 Å². The van der Waals surface area contributed by atoms with Gasteiger partial charge in [0.25, 0.3) is 0 Å². The number of aliphatic hydroxyl groups is 1. The molecular formula is C23H25NO5. The molecule has 6 nitrogen and oxygen atoms in total. The van der Waals surface area contributed by atoms with E-state index in [0.29, 0.717) is 12.0 Å². The first-order chi connectivity index (χ1) is 13.9. The zero-order valence-corrected chi connectivity index (χ0v) is 16.4. The minimum atomic E-state index is -0.993. The molecule has 0 radical (unpaired) electrons. The van der Waals surface area contributed by atoms with E-state index in [4.69, 9.17) is 4.74 Å². The average Bonchev–Trinajstić information content (AvgIpc) is 2.74. The van der Waals surface area contributed by atoms with Gasteiger partial charge in [0.05, 0.1) is 19.1 Å². The summed E-state index contributed by atoms with van der Waals surface area (Å²) in [5, 5.41) is 34.0. The van der Waals surface area contributed by atoms with Gasteiger partial charge in [-0.1, -0.05) is 37.3 Å². The number of rotatable bonds is 7. The Labute approximate surface area is 169 Å². The van der Waals surface area contributed by atoms with Crippen LogP contribution in [0.1, 0.15) is 36.5 Å². The van der Waals surface area contributed by atoms with E-state index in [-0.39, 0.29) is 29.9 Å². The molecule has 0 aliphatic heterocycles. The van der Waals surface area contributed by atoms with Gasteiger partial charge in [-0.2, -0.15) is 0 Å². The first kappa shape index (κ1) is 20.5. The van der Waals surface area contributed by atoms with Crippen LogP contribution >= 0.6 is 0 Å². The van der Waals surface area contributed by atoms with Crippen molar-refractivity contribution in [2.45, 2.75) is 25.4 Å². The normalized spacial score (nSPS) is 13.1. The number of phenolic OH excluding ortho intramolecular Hbond substituents is 2. The van der Waals surface area contributed by atoms with Gasteiger partial charge < -0.3 is 25.4 Å². The summed E-state index contributed by atoms with van der Waals surface area (Å²) in [6.07, 6.45) is -0.379. The van der Waals surface area contributed by atoms with Gasteiger partial charge >= 0.3 is 0 Å². The second-order valence-electron chi connectivity index (χ2n) is 6.94. The van der Waals surface area contributed by atoms with Crippen molar-refractivity contribution in [2.75, 3.05) is 13.7 Å². The van der Waals surface area contributed by atoms with Gasteiger partial charge in [-0.15, -0.1) is 0 Å². The van der Waals surface area contributed by atoms with Gasteiger partial charge in [-0.3, -0.25) is 4.79 Å². The number of aliphatic hydroxyl groups excluding tert-OH is 1. The Bertz CT molecular complexity index is 1020. The predicted octanol–water partition coefficient (Wildman–Crippen LogP) is 3.60. The number of amides is 1. The molecule has 1 amide bonds. The van der Waals surface area contributed by atoms with Crippen molar-refractivity contribution in [3.8, 4) is 17.2 Å². The number of hydrogen-bond donors (Lipinski definition) is 4. The number of carbonyl (C=O) groups excluding carboxylic acids is 1. The second-order valence-corrected chi connectivity index (χ2v) is 6.94. The lowest BCUT2D eigenvalue weighted by molar-refractivity contribution is -0.123. The van der Waals surface area contributed by atoms with Gasteiger partial charge in [0.2, 0.25) is 5.91 Å². The molecule has 29 heavy (non-hydrogen) atoms. The number of hydrogen-bond acceptors (Lipinski definition) is 5. The molecule has 4 N–H and O–H groups in total. The SMILES string of the molecule is CCC(C(=O)NCC(O)c1ccc(O)c(O)c1)c1ccc2cc(OC)ccc2c1. The number of nitrogens with one attached hydrogen (secondary N) is 1. The average molecular weight is 395 g/mol. The molecule has 3 aromatic rings. The first-order valence-corrected chi connectivity index (χ1v) is 9.48. The van der Waals surface area contributed by atoms with Crippen LogP contribution in [0.25, 0.3) is 10.8 Å². The van der Waals surface area contributed by atoms with Crippen LogP contribution in [0.15, 0.2) is 54.6 Å². The van der Waals surface area contributed by atoms with Crippen LogP contribution in [0.4, 0.5) is 0 Å². The largest absolute Gasteiger partial charge is 0.504 e. The van der Waals surface area contributed by atoms with Crippen LogP contribution in [-0.2, 0) is 4.79 Å². The van der Waals surface area contributed by atoms with Crippen LogP contribution in [0, 0.1) is 0 Å². The van der Waals surface area contributed by atoms with Crippen molar-refractivity contribution in [3.63, 3.8) is 0 Å². The van der Waals surface area contributed by atoms with Gasteiger partial charge in [0.1, 0.15) is 5.75 Å². The number of phenols is 2. The van der Waals surface area contributed by atoms with Crippen molar-refractivity contribution in [1.82, 2.24) is 5.32 Å². The Kier molecular flexibility index (Phi) is 6.24. The molecule has 2 atom stereocenters. The van der Waals surface area contributed by atoms with Crippen LogP contribution in [0.3, 0.4) is 0 Å². The summed E-state index contributed by atoms with van der Waals surface area (Å²) in [5.74, 6) is -0.314. The maximum Gasteiger partial charge on any atom is 0.227 e. The van der Waals surface area contributed by atoms with Crippen LogP contribution in [-0.4, -0.2) is 34.9 Å². The number of aromatic hydroxyl groups is 2. The Hall–Kier alpha value is -3.25. The molecule has 0 saturated heterocycles. The fourth-order valence-corrected chi connectivity index (χ4v) is 3.34. The predicted molar refractivity (Wildman–Crippen MR) is 111 cm³/mol. The van der Waals surface area contributed by atoms with Gasteiger partial charge in [-0.05, 0) is 52.6 Å². The molecule has 0 aliphatic carbocycles. The lowest BCUT2D eigenvalue weighted by Gasteiger charge is -2.18. The molecule has 0 aliphatic rings. The summed E-state index contributed by atoms with van der Waals surface area (Å²) < 4.78 is 5.25. The lowest BCUT2D eigenvalue weighted by atomic mass is 9.93. The Balaban J connectivity index is 1.71. The maximum atomic E-state index is 12.7.